The molecule has 0 radical (unpaired) electrons. The largest absolute Gasteiger partial charge is 0.383 e. The molecule has 1 aliphatic heterocycles. The quantitative estimate of drug-likeness (QED) is 0.749. The van der Waals surface area contributed by atoms with E-state index >= 15 is 0 Å². The van der Waals surface area contributed by atoms with Gasteiger partial charge in [-0.2, -0.15) is 14.7 Å². The Bertz CT molecular complexity index is 855. The molecule has 3 aromatic rings. The highest BCUT2D eigenvalue weighted by atomic mass is 15.3. The lowest BCUT2D eigenvalue weighted by molar-refractivity contribution is 0.453. The van der Waals surface area contributed by atoms with Crippen molar-refractivity contribution in [2.75, 3.05) is 18.8 Å². The Morgan fingerprint density at radius 1 is 1.30 bits per heavy atom. The van der Waals surface area contributed by atoms with Crippen molar-refractivity contribution in [2.45, 2.75) is 25.7 Å². The van der Waals surface area contributed by atoms with Gasteiger partial charge in [-0.25, -0.2) is 4.98 Å². The van der Waals surface area contributed by atoms with E-state index in [1.54, 1.807) is 9.20 Å². The number of nitrogen functional groups attached to an aromatic ring is 1. The van der Waals surface area contributed by atoms with Crippen LogP contribution in [0.4, 0.5) is 5.82 Å². The number of hydrogen-bond donors (Lipinski definition) is 2. The van der Waals surface area contributed by atoms with E-state index in [0.29, 0.717) is 11.7 Å². The molecule has 0 saturated carbocycles. The van der Waals surface area contributed by atoms with E-state index in [2.05, 4.69) is 15.5 Å². The standard InChI is InChI=1S/C16H21N7/c1-10-14(11-4-3-5-18-6-11)21-16-13(8-20-23(16)15(10)17)12-7-19-22(2)9-12/h7-9,11,18H,3-6,17H2,1-2H3. The Labute approximate surface area is 134 Å². The van der Waals surface area contributed by atoms with E-state index in [9.17, 15) is 0 Å². The smallest absolute Gasteiger partial charge is 0.165 e. The molecule has 0 spiro atoms. The number of aromatic nitrogens is 5. The van der Waals surface area contributed by atoms with Crippen LogP contribution in [-0.2, 0) is 7.05 Å². The van der Waals surface area contributed by atoms with Crippen LogP contribution >= 0.6 is 0 Å². The average molecular weight is 311 g/mol. The predicted molar refractivity (Wildman–Crippen MR) is 89.2 cm³/mol. The molecular formula is C16H21N7. The van der Waals surface area contributed by atoms with Gasteiger partial charge < -0.3 is 11.1 Å². The molecule has 3 N–H and O–H groups in total. The summed E-state index contributed by atoms with van der Waals surface area (Å²) in [6.07, 6.45) is 7.93. The van der Waals surface area contributed by atoms with E-state index in [1.807, 2.05) is 32.6 Å². The van der Waals surface area contributed by atoms with Crippen LogP contribution in [0.2, 0.25) is 0 Å². The van der Waals surface area contributed by atoms with Crippen LogP contribution in [0.1, 0.15) is 30.0 Å². The van der Waals surface area contributed by atoms with Crippen LogP contribution < -0.4 is 11.1 Å². The summed E-state index contributed by atoms with van der Waals surface area (Å²) in [7, 11) is 1.90. The van der Waals surface area contributed by atoms with Gasteiger partial charge in [0.2, 0.25) is 0 Å². The summed E-state index contributed by atoms with van der Waals surface area (Å²) in [6, 6.07) is 0. The maximum absolute atomic E-state index is 6.34. The van der Waals surface area contributed by atoms with Crippen molar-refractivity contribution in [3.8, 4) is 11.1 Å². The maximum Gasteiger partial charge on any atom is 0.165 e. The Kier molecular flexibility index (Phi) is 3.30. The zero-order chi connectivity index (χ0) is 16.0. The van der Waals surface area contributed by atoms with Crippen molar-refractivity contribution in [2.24, 2.45) is 7.05 Å². The lowest BCUT2D eigenvalue weighted by Crippen LogP contribution is -2.29. The predicted octanol–water partition coefficient (Wildman–Crippen LogP) is 1.49. The summed E-state index contributed by atoms with van der Waals surface area (Å²) in [5, 5.41) is 12.1. The van der Waals surface area contributed by atoms with Gasteiger partial charge in [-0.3, -0.25) is 4.68 Å². The zero-order valence-electron chi connectivity index (χ0n) is 13.5. The van der Waals surface area contributed by atoms with Crippen LogP contribution in [0.25, 0.3) is 16.8 Å². The van der Waals surface area contributed by atoms with E-state index in [-0.39, 0.29) is 0 Å². The fourth-order valence-electron chi connectivity index (χ4n) is 3.36. The van der Waals surface area contributed by atoms with Crippen molar-refractivity contribution in [3.05, 3.63) is 29.8 Å². The number of anilines is 1. The Hall–Kier alpha value is -2.41. The molecule has 1 aliphatic rings. The molecular weight excluding hydrogens is 290 g/mol. The molecule has 1 saturated heterocycles. The van der Waals surface area contributed by atoms with E-state index in [4.69, 9.17) is 10.7 Å². The number of nitrogens with two attached hydrogens (primary N) is 1. The van der Waals surface area contributed by atoms with Gasteiger partial charge in [-0.05, 0) is 26.3 Å². The fraction of sp³-hybridized carbons (Fsp3) is 0.438. The molecule has 0 amide bonds. The monoisotopic (exact) mass is 311 g/mol. The van der Waals surface area contributed by atoms with Crippen molar-refractivity contribution >= 4 is 11.5 Å². The second kappa shape index (κ2) is 5.34. The molecule has 1 fully saturated rings. The molecule has 7 heteroatoms. The minimum absolute atomic E-state index is 0.410. The van der Waals surface area contributed by atoms with Gasteiger partial charge in [-0.1, -0.05) is 0 Å². The summed E-state index contributed by atoms with van der Waals surface area (Å²) in [4.78, 5) is 4.95. The van der Waals surface area contributed by atoms with Gasteiger partial charge in [0.25, 0.3) is 0 Å². The normalized spacial score (nSPS) is 18.6. The number of rotatable bonds is 2. The zero-order valence-corrected chi connectivity index (χ0v) is 13.5. The second-order valence-electron chi connectivity index (χ2n) is 6.25. The van der Waals surface area contributed by atoms with Gasteiger partial charge in [0.1, 0.15) is 5.82 Å². The van der Waals surface area contributed by atoms with Crippen molar-refractivity contribution in [3.63, 3.8) is 0 Å². The molecule has 120 valence electrons. The molecule has 23 heavy (non-hydrogen) atoms. The average Bonchev–Trinajstić information content (AvgIpc) is 3.17. The van der Waals surface area contributed by atoms with Crippen LogP contribution in [0.5, 0.6) is 0 Å². The van der Waals surface area contributed by atoms with E-state index in [1.165, 1.54) is 6.42 Å². The summed E-state index contributed by atoms with van der Waals surface area (Å²) in [6.45, 7) is 4.08. The lowest BCUT2D eigenvalue weighted by Gasteiger charge is -2.24. The summed E-state index contributed by atoms with van der Waals surface area (Å²) >= 11 is 0. The van der Waals surface area contributed by atoms with Gasteiger partial charge in [-0.15, -0.1) is 0 Å². The number of aryl methyl sites for hydroxylation is 1. The molecule has 4 rings (SSSR count). The van der Waals surface area contributed by atoms with Crippen molar-refractivity contribution in [1.82, 2.24) is 29.7 Å². The number of fused-ring (bicyclic) bond motifs is 1. The van der Waals surface area contributed by atoms with E-state index < -0.39 is 0 Å². The van der Waals surface area contributed by atoms with Gasteiger partial charge in [0.05, 0.1) is 18.1 Å². The SMILES string of the molecule is Cc1c(C2CCCNC2)nc2c(-c3cnn(C)c3)cnn2c1N. The number of piperidine rings is 1. The Morgan fingerprint density at radius 3 is 2.87 bits per heavy atom. The highest BCUT2D eigenvalue weighted by Gasteiger charge is 2.23. The summed E-state index contributed by atoms with van der Waals surface area (Å²) < 4.78 is 3.51. The fourth-order valence-corrected chi connectivity index (χ4v) is 3.36. The maximum atomic E-state index is 6.34. The Morgan fingerprint density at radius 2 is 2.17 bits per heavy atom. The molecule has 0 bridgehead atoms. The Balaban J connectivity index is 1.89. The van der Waals surface area contributed by atoms with Gasteiger partial charge >= 0.3 is 0 Å². The summed E-state index contributed by atoms with van der Waals surface area (Å²) in [5.74, 6) is 1.08. The first kappa shape index (κ1) is 14.2. The van der Waals surface area contributed by atoms with Crippen LogP contribution in [0, 0.1) is 6.92 Å². The van der Waals surface area contributed by atoms with E-state index in [0.717, 1.165) is 47.5 Å². The highest BCUT2D eigenvalue weighted by Crippen LogP contribution is 2.31. The molecule has 0 aromatic carbocycles. The van der Waals surface area contributed by atoms with Crippen LogP contribution in [-0.4, -0.2) is 37.5 Å². The first-order valence-electron chi connectivity index (χ1n) is 7.98. The first-order chi connectivity index (χ1) is 11.1. The molecule has 4 heterocycles. The third-order valence-corrected chi connectivity index (χ3v) is 4.67. The second-order valence-corrected chi connectivity index (χ2v) is 6.25. The minimum Gasteiger partial charge on any atom is -0.383 e. The molecule has 0 aliphatic carbocycles. The lowest BCUT2D eigenvalue weighted by atomic mass is 9.93. The minimum atomic E-state index is 0.410. The molecule has 3 aromatic heterocycles. The third-order valence-electron chi connectivity index (χ3n) is 4.67. The number of hydrogen-bond acceptors (Lipinski definition) is 5. The molecule has 7 nitrogen and oxygen atoms in total. The molecule has 1 unspecified atom stereocenters. The van der Waals surface area contributed by atoms with Gasteiger partial charge in [0, 0.05) is 42.4 Å². The summed E-state index contributed by atoms with van der Waals surface area (Å²) in [5.41, 5.74) is 11.2. The van der Waals surface area contributed by atoms with Crippen LogP contribution in [0.3, 0.4) is 0 Å². The van der Waals surface area contributed by atoms with Crippen LogP contribution in [0.15, 0.2) is 18.6 Å². The third kappa shape index (κ3) is 2.28. The van der Waals surface area contributed by atoms with Crippen molar-refractivity contribution in [1.29, 1.82) is 0 Å². The highest BCUT2D eigenvalue weighted by molar-refractivity contribution is 5.77. The first-order valence-corrected chi connectivity index (χ1v) is 7.98. The number of nitrogens with zero attached hydrogens (tertiary/aromatic N) is 5. The van der Waals surface area contributed by atoms with Crippen molar-refractivity contribution < 1.29 is 0 Å². The topological polar surface area (TPSA) is 86.1 Å². The molecule has 1 atom stereocenters. The number of nitrogens with one attached hydrogen (secondary N) is 1. The van der Waals surface area contributed by atoms with Gasteiger partial charge in [0.15, 0.2) is 5.65 Å².